The highest BCUT2D eigenvalue weighted by Crippen LogP contribution is 2.73. The molecule has 7 nitrogen and oxygen atoms in total. The van der Waals surface area contributed by atoms with Crippen LogP contribution in [0.1, 0.15) is 0 Å². The maximum Gasteiger partial charge on any atom is 0.378 e. The van der Waals surface area contributed by atoms with Gasteiger partial charge in [0.2, 0.25) is 0 Å². The van der Waals surface area contributed by atoms with Gasteiger partial charge < -0.3 is 24.7 Å². The molecule has 18 heavy (non-hydrogen) atoms. The summed E-state index contributed by atoms with van der Waals surface area (Å²) in [6.07, 6.45) is 0. The second-order valence-electron chi connectivity index (χ2n) is 3.28. The van der Waals surface area contributed by atoms with Gasteiger partial charge in [-0.3, -0.25) is 9.73 Å². The van der Waals surface area contributed by atoms with Crippen molar-refractivity contribution in [1.29, 1.82) is 5.16 Å². The lowest BCUT2D eigenvalue weighted by Crippen LogP contribution is -2.23. The van der Waals surface area contributed by atoms with Crippen LogP contribution in [0, 0.1) is 5.16 Å². The van der Waals surface area contributed by atoms with Gasteiger partial charge in [0.25, 0.3) is 11.9 Å². The van der Waals surface area contributed by atoms with Crippen molar-refractivity contribution in [3.63, 3.8) is 0 Å². The van der Waals surface area contributed by atoms with Crippen LogP contribution in [0.15, 0.2) is 29.2 Å². The largest absolute Gasteiger partial charge is 0.378 e. The zero-order valence-electron chi connectivity index (χ0n) is 8.63. The van der Waals surface area contributed by atoms with E-state index in [-0.39, 0.29) is 16.7 Å². The number of hydrogen-bond acceptors (Lipinski definition) is 4. The van der Waals surface area contributed by atoms with E-state index in [1.807, 2.05) is 0 Å². The van der Waals surface area contributed by atoms with Crippen molar-refractivity contribution in [2.24, 2.45) is 0 Å². The average Bonchev–Trinajstić information content (AvgIpc) is 2.18. The average molecular weight is 334 g/mol. The van der Waals surface area contributed by atoms with Gasteiger partial charge in [-0.25, -0.2) is 0 Å². The number of nitrogens with one attached hydrogen (secondary N) is 1. The highest BCUT2D eigenvalue weighted by molar-refractivity contribution is 8.13. The van der Waals surface area contributed by atoms with Crippen LogP contribution in [0.2, 0.25) is 5.02 Å². The first-order chi connectivity index (χ1) is 7.97. The van der Waals surface area contributed by atoms with Gasteiger partial charge in [0, 0.05) is 9.92 Å². The van der Waals surface area contributed by atoms with E-state index in [1.165, 1.54) is 24.3 Å². The molecule has 0 aliphatic heterocycles. The van der Waals surface area contributed by atoms with Crippen LogP contribution in [-0.4, -0.2) is 29.1 Å². The summed E-state index contributed by atoms with van der Waals surface area (Å²) in [5.74, 6) is 0. The smallest absolute Gasteiger partial charge is 0.361 e. The molecule has 0 spiro atoms. The minimum atomic E-state index is -5.34. The molecule has 1 atom stereocenters. The molecule has 1 unspecified atom stereocenters. The Morgan fingerprint density at radius 2 is 1.61 bits per heavy atom. The molecule has 0 fully saturated rings. The van der Waals surface area contributed by atoms with Gasteiger partial charge >= 0.3 is 7.60 Å². The van der Waals surface area contributed by atoms with Crippen molar-refractivity contribution in [2.45, 2.75) is 9.31 Å². The molecule has 0 amide bonds. The summed E-state index contributed by atoms with van der Waals surface area (Å²) in [5, 5.41) is 17.1. The zero-order chi connectivity index (χ0) is 14.2. The molecular weight excluding hydrogens is 324 g/mol. The summed E-state index contributed by atoms with van der Waals surface area (Å²) in [4.78, 5) is 36.4. The quantitative estimate of drug-likeness (QED) is 0.280. The normalized spacial score (nSPS) is 16.3. The van der Waals surface area contributed by atoms with Crippen molar-refractivity contribution in [2.75, 3.05) is 0 Å². The maximum atomic E-state index is 11.2. The Balaban J connectivity index is 3.20. The van der Waals surface area contributed by atoms with E-state index in [1.54, 1.807) is 0 Å². The van der Waals surface area contributed by atoms with E-state index in [0.717, 1.165) is 0 Å². The van der Waals surface area contributed by atoms with E-state index >= 15 is 0 Å². The van der Waals surface area contributed by atoms with E-state index in [9.17, 15) is 9.67 Å². The fourth-order valence-electron chi connectivity index (χ4n) is 0.966. The standard InChI is InChI=1S/C7H10ClNO6P2S/c8-5-1-3-6(4-2-5)18-7(10,16(9,11)12)17(13,14)15/h1-4,10H,(H3,9,11,12)(H2,13,14,15). The molecule has 0 radical (unpaired) electrons. The Morgan fingerprint density at radius 3 is 1.94 bits per heavy atom. The second-order valence-corrected chi connectivity index (χ2v) is 9.52. The highest BCUT2D eigenvalue weighted by Gasteiger charge is 2.57. The number of benzene rings is 1. The summed E-state index contributed by atoms with van der Waals surface area (Å²) in [6, 6.07) is 5.43. The van der Waals surface area contributed by atoms with Crippen molar-refractivity contribution < 1.29 is 29.2 Å². The van der Waals surface area contributed by atoms with E-state index < -0.39 is 19.5 Å². The molecule has 0 bridgehead atoms. The van der Waals surface area contributed by atoms with Gasteiger partial charge in [-0.1, -0.05) is 23.4 Å². The van der Waals surface area contributed by atoms with Crippen LogP contribution < -0.4 is 0 Å². The third-order valence-corrected chi connectivity index (χ3v) is 8.10. The summed E-state index contributed by atoms with van der Waals surface area (Å²) in [6.45, 7) is 0. The lowest BCUT2D eigenvalue weighted by molar-refractivity contribution is 0.213. The van der Waals surface area contributed by atoms with Crippen LogP contribution in [0.5, 0.6) is 0 Å². The molecular formula is C7H10ClNO6P2S. The fraction of sp³-hybridized carbons (Fsp3) is 0.143. The molecule has 1 aromatic rings. The highest BCUT2D eigenvalue weighted by atomic mass is 35.5. The maximum absolute atomic E-state index is 11.2. The summed E-state index contributed by atoms with van der Waals surface area (Å²) in [7, 11) is -10.3. The number of aliphatic hydroxyl groups is 1. The van der Waals surface area contributed by atoms with Gasteiger partial charge in [-0.05, 0) is 24.3 Å². The number of hydrogen-bond donors (Lipinski definition) is 6. The predicted molar refractivity (Wildman–Crippen MR) is 68.4 cm³/mol. The molecule has 0 saturated carbocycles. The lowest BCUT2D eigenvalue weighted by atomic mass is 10.4. The van der Waals surface area contributed by atoms with Gasteiger partial charge in [0.15, 0.2) is 0 Å². The molecule has 11 heteroatoms. The zero-order valence-corrected chi connectivity index (χ0v) is 12.0. The minimum absolute atomic E-state index is 0.109. The van der Waals surface area contributed by atoms with Crippen molar-refractivity contribution in [3.8, 4) is 0 Å². The number of thioether (sulfide) groups is 1. The first kappa shape index (κ1) is 16.2. The Bertz CT molecular complexity index is 503. The van der Waals surface area contributed by atoms with E-state index in [2.05, 4.69) is 0 Å². The van der Waals surface area contributed by atoms with Crippen LogP contribution in [-0.2, 0) is 4.57 Å². The topological polar surface area (TPSA) is 142 Å². The number of halogens is 1. The van der Waals surface area contributed by atoms with Gasteiger partial charge in [-0.2, -0.15) is 0 Å². The Kier molecular flexibility index (Phi) is 4.71. The predicted octanol–water partition coefficient (Wildman–Crippen LogP) is 1.81. The molecule has 0 aliphatic rings. The molecule has 1 aromatic carbocycles. The fourth-order valence-corrected chi connectivity index (χ4v) is 4.75. The molecule has 1 rings (SSSR count). The van der Waals surface area contributed by atoms with Gasteiger partial charge in [0.1, 0.15) is 0 Å². The first-order valence-corrected chi connectivity index (χ1v) is 8.80. The van der Waals surface area contributed by atoms with Crippen LogP contribution in [0.4, 0.5) is 0 Å². The Labute approximate surface area is 112 Å². The number of rotatable bonds is 4. The summed E-state index contributed by atoms with van der Waals surface area (Å²) >= 11 is 5.72. The third-order valence-electron chi connectivity index (χ3n) is 1.85. The first-order valence-electron chi connectivity index (χ1n) is 4.30. The van der Waals surface area contributed by atoms with Crippen LogP contribution in [0.3, 0.4) is 0 Å². The van der Waals surface area contributed by atoms with Gasteiger partial charge in [0.05, 0.1) is 0 Å². The summed E-state index contributed by atoms with van der Waals surface area (Å²) in [5.41, 5.74) is 0. The molecule has 0 aliphatic carbocycles. The lowest BCUT2D eigenvalue weighted by Gasteiger charge is -2.30. The van der Waals surface area contributed by atoms with Gasteiger partial charge in [-0.15, -0.1) is 0 Å². The minimum Gasteiger partial charge on any atom is -0.361 e. The van der Waals surface area contributed by atoms with E-state index in [0.29, 0.717) is 5.02 Å². The molecule has 0 aromatic heterocycles. The van der Waals surface area contributed by atoms with Crippen molar-refractivity contribution in [1.82, 2.24) is 0 Å². The molecule has 0 saturated heterocycles. The second kappa shape index (κ2) is 5.25. The van der Waals surface area contributed by atoms with Crippen LogP contribution in [0.25, 0.3) is 0 Å². The molecule has 0 heterocycles. The van der Waals surface area contributed by atoms with Crippen molar-refractivity contribution in [3.05, 3.63) is 29.3 Å². The molecule has 102 valence electrons. The van der Waals surface area contributed by atoms with E-state index in [4.69, 9.17) is 36.3 Å². The third kappa shape index (κ3) is 3.36. The Morgan fingerprint density at radius 1 is 1.17 bits per heavy atom. The SMILES string of the molecule is N=P(O)(O)C(O)(Sc1ccc(Cl)cc1)P(=O)(O)O. The Hall–Kier alpha value is 0.120. The summed E-state index contributed by atoms with van der Waals surface area (Å²) < 4.78 is 7.86. The molecule has 6 N–H and O–H groups in total. The van der Waals surface area contributed by atoms with Crippen LogP contribution >= 0.6 is 38.5 Å². The monoisotopic (exact) mass is 333 g/mol. The van der Waals surface area contributed by atoms with Crippen molar-refractivity contribution >= 4 is 38.5 Å².